The second-order valence-corrected chi connectivity index (χ2v) is 5.01. The van der Waals surface area contributed by atoms with Gasteiger partial charge in [0.2, 0.25) is 0 Å². The zero-order valence-electron chi connectivity index (χ0n) is 12.1. The Hall–Kier alpha value is -1.65. The molecule has 0 unspecified atom stereocenters. The van der Waals surface area contributed by atoms with Crippen LogP contribution in [0, 0.1) is 6.92 Å². The SMILES string of the molecule is Cc1nccn1CCCN(CCO)Cc1ccccc1. The number of rotatable bonds is 8. The molecule has 0 radical (unpaired) electrons. The normalized spacial score (nSPS) is 11.2. The maximum atomic E-state index is 9.19. The molecule has 1 aromatic heterocycles. The molecule has 4 heteroatoms. The minimum atomic E-state index is 0.205. The van der Waals surface area contributed by atoms with E-state index >= 15 is 0 Å². The van der Waals surface area contributed by atoms with Crippen molar-refractivity contribution in [3.8, 4) is 0 Å². The van der Waals surface area contributed by atoms with Crippen LogP contribution >= 0.6 is 0 Å². The summed E-state index contributed by atoms with van der Waals surface area (Å²) in [6.45, 7) is 5.80. The molecule has 0 aliphatic rings. The molecule has 0 bridgehead atoms. The minimum Gasteiger partial charge on any atom is -0.395 e. The summed E-state index contributed by atoms with van der Waals surface area (Å²) >= 11 is 0. The van der Waals surface area contributed by atoms with Gasteiger partial charge in [0.05, 0.1) is 6.61 Å². The van der Waals surface area contributed by atoms with Gasteiger partial charge in [-0.05, 0) is 18.9 Å². The average molecular weight is 273 g/mol. The highest BCUT2D eigenvalue weighted by Crippen LogP contribution is 2.06. The lowest BCUT2D eigenvalue weighted by molar-refractivity contribution is 0.186. The van der Waals surface area contributed by atoms with Gasteiger partial charge in [-0.3, -0.25) is 4.90 Å². The number of hydrogen-bond acceptors (Lipinski definition) is 3. The van der Waals surface area contributed by atoms with Gasteiger partial charge in [-0.2, -0.15) is 0 Å². The summed E-state index contributed by atoms with van der Waals surface area (Å²) in [7, 11) is 0. The van der Waals surface area contributed by atoms with Crippen LogP contribution in [0.4, 0.5) is 0 Å². The third kappa shape index (κ3) is 4.47. The van der Waals surface area contributed by atoms with Crippen molar-refractivity contribution >= 4 is 0 Å². The van der Waals surface area contributed by atoms with E-state index in [-0.39, 0.29) is 6.61 Å². The third-order valence-electron chi connectivity index (χ3n) is 3.46. The Morgan fingerprint density at radius 1 is 1.20 bits per heavy atom. The molecule has 0 saturated heterocycles. The lowest BCUT2D eigenvalue weighted by atomic mass is 10.2. The molecule has 2 aromatic rings. The fourth-order valence-corrected chi connectivity index (χ4v) is 2.36. The van der Waals surface area contributed by atoms with Gasteiger partial charge >= 0.3 is 0 Å². The van der Waals surface area contributed by atoms with E-state index in [0.717, 1.165) is 38.4 Å². The van der Waals surface area contributed by atoms with E-state index in [4.69, 9.17) is 0 Å². The van der Waals surface area contributed by atoms with Crippen molar-refractivity contribution in [1.82, 2.24) is 14.5 Å². The van der Waals surface area contributed by atoms with Gasteiger partial charge in [0.1, 0.15) is 5.82 Å². The summed E-state index contributed by atoms with van der Waals surface area (Å²) < 4.78 is 2.17. The summed E-state index contributed by atoms with van der Waals surface area (Å²) in [5.74, 6) is 1.06. The van der Waals surface area contributed by atoms with Gasteiger partial charge in [-0.15, -0.1) is 0 Å². The molecule has 1 heterocycles. The molecule has 0 saturated carbocycles. The van der Waals surface area contributed by atoms with E-state index < -0.39 is 0 Å². The minimum absolute atomic E-state index is 0.205. The Labute approximate surface area is 120 Å². The standard InChI is InChI=1S/C16H23N3O/c1-15-17-8-11-19(15)10-5-9-18(12-13-20)14-16-6-3-2-4-7-16/h2-4,6-8,11,20H,5,9-10,12-14H2,1H3. The lowest BCUT2D eigenvalue weighted by Crippen LogP contribution is -2.28. The molecular formula is C16H23N3O. The van der Waals surface area contributed by atoms with Crippen LogP contribution in [0.15, 0.2) is 42.7 Å². The van der Waals surface area contributed by atoms with Gasteiger partial charge < -0.3 is 9.67 Å². The molecule has 20 heavy (non-hydrogen) atoms. The smallest absolute Gasteiger partial charge is 0.105 e. The van der Waals surface area contributed by atoms with E-state index in [2.05, 4.69) is 38.7 Å². The number of aromatic nitrogens is 2. The number of aryl methyl sites for hydroxylation is 2. The Morgan fingerprint density at radius 2 is 2.00 bits per heavy atom. The quantitative estimate of drug-likeness (QED) is 0.800. The van der Waals surface area contributed by atoms with Crippen LogP contribution in [-0.2, 0) is 13.1 Å². The van der Waals surface area contributed by atoms with Crippen LogP contribution in [0.2, 0.25) is 0 Å². The zero-order chi connectivity index (χ0) is 14.2. The second-order valence-electron chi connectivity index (χ2n) is 5.01. The Morgan fingerprint density at radius 3 is 2.65 bits per heavy atom. The Kier molecular flexibility index (Phi) is 5.77. The van der Waals surface area contributed by atoms with E-state index in [1.807, 2.05) is 25.4 Å². The van der Waals surface area contributed by atoms with Crippen molar-refractivity contribution in [3.05, 3.63) is 54.1 Å². The maximum absolute atomic E-state index is 9.19. The molecule has 1 N–H and O–H groups in total. The van der Waals surface area contributed by atoms with Crippen molar-refractivity contribution < 1.29 is 5.11 Å². The van der Waals surface area contributed by atoms with Gasteiger partial charge in [0, 0.05) is 38.6 Å². The molecule has 0 fully saturated rings. The molecule has 0 aliphatic carbocycles. The van der Waals surface area contributed by atoms with Crippen LogP contribution < -0.4 is 0 Å². The maximum Gasteiger partial charge on any atom is 0.105 e. The lowest BCUT2D eigenvalue weighted by Gasteiger charge is -2.21. The molecule has 1 aromatic carbocycles. The summed E-state index contributed by atoms with van der Waals surface area (Å²) in [5.41, 5.74) is 1.29. The largest absolute Gasteiger partial charge is 0.395 e. The predicted molar refractivity (Wildman–Crippen MR) is 80.4 cm³/mol. The molecule has 0 atom stereocenters. The van der Waals surface area contributed by atoms with Gasteiger partial charge in [-0.25, -0.2) is 4.98 Å². The van der Waals surface area contributed by atoms with Crippen molar-refractivity contribution in [2.75, 3.05) is 19.7 Å². The van der Waals surface area contributed by atoms with E-state index in [1.54, 1.807) is 0 Å². The zero-order valence-corrected chi connectivity index (χ0v) is 12.1. The number of hydrogen-bond donors (Lipinski definition) is 1. The Bertz CT molecular complexity index is 495. The van der Waals surface area contributed by atoms with Gasteiger partial charge in [0.15, 0.2) is 0 Å². The monoisotopic (exact) mass is 273 g/mol. The van der Waals surface area contributed by atoms with Crippen LogP contribution in [0.5, 0.6) is 0 Å². The van der Waals surface area contributed by atoms with E-state index in [0.29, 0.717) is 0 Å². The highest BCUT2D eigenvalue weighted by molar-refractivity contribution is 5.14. The molecule has 0 spiro atoms. The van der Waals surface area contributed by atoms with Crippen LogP contribution in [0.1, 0.15) is 17.8 Å². The fraction of sp³-hybridized carbons (Fsp3) is 0.438. The summed E-state index contributed by atoms with van der Waals surface area (Å²) in [5, 5.41) is 9.19. The third-order valence-corrected chi connectivity index (χ3v) is 3.46. The molecule has 2 rings (SSSR count). The first-order valence-corrected chi connectivity index (χ1v) is 7.14. The Balaban J connectivity index is 1.81. The van der Waals surface area contributed by atoms with Crippen LogP contribution in [-0.4, -0.2) is 39.3 Å². The molecule has 0 aliphatic heterocycles. The first-order valence-electron chi connectivity index (χ1n) is 7.14. The predicted octanol–water partition coefficient (Wildman–Crippen LogP) is 2.08. The summed E-state index contributed by atoms with van der Waals surface area (Å²) in [6.07, 6.45) is 4.91. The van der Waals surface area contributed by atoms with Crippen molar-refractivity contribution in [1.29, 1.82) is 0 Å². The summed E-state index contributed by atoms with van der Waals surface area (Å²) in [4.78, 5) is 6.52. The highest BCUT2D eigenvalue weighted by atomic mass is 16.3. The van der Waals surface area contributed by atoms with Crippen molar-refractivity contribution in [3.63, 3.8) is 0 Å². The van der Waals surface area contributed by atoms with Gasteiger partial charge in [-0.1, -0.05) is 30.3 Å². The highest BCUT2D eigenvalue weighted by Gasteiger charge is 2.05. The number of aliphatic hydroxyl groups excluding tert-OH is 1. The number of imidazole rings is 1. The molecule has 4 nitrogen and oxygen atoms in total. The number of nitrogens with zero attached hydrogens (tertiary/aromatic N) is 3. The number of benzene rings is 1. The van der Waals surface area contributed by atoms with Crippen molar-refractivity contribution in [2.24, 2.45) is 0 Å². The molecular weight excluding hydrogens is 250 g/mol. The topological polar surface area (TPSA) is 41.3 Å². The van der Waals surface area contributed by atoms with E-state index in [1.165, 1.54) is 5.56 Å². The molecule has 0 amide bonds. The van der Waals surface area contributed by atoms with Crippen LogP contribution in [0.3, 0.4) is 0 Å². The van der Waals surface area contributed by atoms with E-state index in [9.17, 15) is 5.11 Å². The van der Waals surface area contributed by atoms with Crippen LogP contribution in [0.25, 0.3) is 0 Å². The van der Waals surface area contributed by atoms with Gasteiger partial charge in [0.25, 0.3) is 0 Å². The van der Waals surface area contributed by atoms with Crippen molar-refractivity contribution in [2.45, 2.75) is 26.4 Å². The number of aliphatic hydroxyl groups is 1. The average Bonchev–Trinajstić information content (AvgIpc) is 2.86. The fourth-order valence-electron chi connectivity index (χ4n) is 2.36. The molecule has 108 valence electrons. The second kappa shape index (κ2) is 7.82. The first-order chi connectivity index (χ1) is 9.79. The summed E-state index contributed by atoms with van der Waals surface area (Å²) in [6, 6.07) is 10.4. The first kappa shape index (κ1) is 14.8.